The quantitative estimate of drug-likeness (QED) is 0.608. The summed E-state index contributed by atoms with van der Waals surface area (Å²) in [4.78, 5) is 22.9. The van der Waals surface area contributed by atoms with Gasteiger partial charge in [-0.15, -0.1) is 10.2 Å². The number of hydrogen-bond donors (Lipinski definition) is 2. The average molecular weight is 454 g/mol. The molecule has 1 amide bonds. The number of rotatable bonds is 4. The summed E-state index contributed by atoms with van der Waals surface area (Å²) in [6, 6.07) is 2.04. The average Bonchev–Trinajstić information content (AvgIpc) is 3.39. The van der Waals surface area contributed by atoms with Crippen molar-refractivity contribution >= 4 is 11.9 Å². The Hall–Kier alpha value is -3.83. The number of alkyl halides is 1. The molecule has 33 heavy (non-hydrogen) atoms. The molecule has 0 unspecified atom stereocenters. The normalized spacial score (nSPS) is 24.2. The van der Waals surface area contributed by atoms with Gasteiger partial charge < -0.3 is 15.1 Å². The minimum absolute atomic E-state index is 0.188. The number of fused-ring (bicyclic) bond motifs is 2. The Balaban J connectivity index is 1.34. The lowest BCUT2D eigenvalue weighted by Gasteiger charge is -2.43. The first-order valence-electron chi connectivity index (χ1n) is 10.6. The van der Waals surface area contributed by atoms with E-state index < -0.39 is 24.3 Å². The molecule has 2 fully saturated rings. The number of aromatic nitrogens is 6. The van der Waals surface area contributed by atoms with E-state index >= 15 is 4.39 Å². The zero-order valence-electron chi connectivity index (χ0n) is 18.1. The smallest absolute Gasteiger partial charge is 0.407 e. The number of carbonyl (C=O) groups is 1. The van der Waals surface area contributed by atoms with Crippen LogP contribution in [0.1, 0.15) is 19.3 Å². The molecule has 0 radical (unpaired) electrons. The van der Waals surface area contributed by atoms with Gasteiger partial charge in [-0.3, -0.25) is 9.58 Å². The number of piperidine rings is 1. The molecule has 5 heterocycles. The molecule has 2 N–H and O–H groups in total. The Morgan fingerprint density at radius 3 is 2.70 bits per heavy atom. The topological polar surface area (TPSA) is 133 Å². The summed E-state index contributed by atoms with van der Waals surface area (Å²) in [5, 5.41) is 32.3. The summed E-state index contributed by atoms with van der Waals surface area (Å²) in [6.45, 7) is 0. The van der Waals surface area contributed by atoms with Crippen LogP contribution in [0.2, 0.25) is 0 Å². The highest BCUT2D eigenvalue weighted by Gasteiger charge is 2.51. The Bertz CT molecular complexity index is 1190. The van der Waals surface area contributed by atoms with Crippen molar-refractivity contribution in [3.05, 3.63) is 30.7 Å². The van der Waals surface area contributed by atoms with Crippen LogP contribution >= 0.6 is 0 Å². The number of anilines is 1. The van der Waals surface area contributed by atoms with Crippen LogP contribution < -0.4 is 4.90 Å². The molecule has 2 aliphatic heterocycles. The van der Waals surface area contributed by atoms with Crippen molar-refractivity contribution in [3.8, 4) is 28.5 Å². The molecular weight excluding hydrogens is 431 g/mol. The van der Waals surface area contributed by atoms with Crippen LogP contribution in [0, 0.1) is 0 Å². The van der Waals surface area contributed by atoms with Crippen LogP contribution in [-0.2, 0) is 7.05 Å². The summed E-state index contributed by atoms with van der Waals surface area (Å²) in [6.07, 6.45) is 4.02. The fraction of sp³-hybridized carbons (Fsp3) is 0.429. The fourth-order valence-electron chi connectivity index (χ4n) is 4.85. The van der Waals surface area contributed by atoms with Crippen molar-refractivity contribution in [2.75, 3.05) is 11.9 Å². The van der Waals surface area contributed by atoms with Gasteiger partial charge in [-0.2, -0.15) is 10.1 Å². The van der Waals surface area contributed by atoms with E-state index in [1.54, 1.807) is 48.2 Å². The predicted molar refractivity (Wildman–Crippen MR) is 115 cm³/mol. The summed E-state index contributed by atoms with van der Waals surface area (Å²) in [5.74, 6) is 0.563. The second-order valence-electron chi connectivity index (χ2n) is 8.46. The van der Waals surface area contributed by atoms with E-state index in [-0.39, 0.29) is 11.9 Å². The Kier molecular flexibility index (Phi) is 5.06. The lowest BCUT2D eigenvalue weighted by Crippen LogP contribution is -2.58. The van der Waals surface area contributed by atoms with Crippen LogP contribution in [0.15, 0.2) is 30.7 Å². The van der Waals surface area contributed by atoms with Crippen LogP contribution in [0.4, 0.5) is 15.0 Å². The Morgan fingerprint density at radius 2 is 2.06 bits per heavy atom. The molecule has 5 rings (SSSR count). The third kappa shape index (κ3) is 3.60. The molecule has 2 bridgehead atoms. The molecule has 0 spiro atoms. The van der Waals surface area contributed by atoms with E-state index in [2.05, 4.69) is 25.3 Å². The number of nitrogens with zero attached hydrogens (tertiary/aromatic N) is 8. The third-order valence-electron chi connectivity index (χ3n) is 6.53. The summed E-state index contributed by atoms with van der Waals surface area (Å²) < 4.78 is 16.8. The van der Waals surface area contributed by atoms with Crippen molar-refractivity contribution in [3.63, 3.8) is 0 Å². The zero-order chi connectivity index (χ0) is 23.3. The maximum absolute atomic E-state index is 15.2. The van der Waals surface area contributed by atoms with Crippen molar-refractivity contribution in [2.24, 2.45) is 7.05 Å². The van der Waals surface area contributed by atoms with E-state index in [1.165, 1.54) is 11.1 Å². The van der Waals surface area contributed by atoms with E-state index in [4.69, 9.17) is 0 Å². The zero-order valence-corrected chi connectivity index (χ0v) is 18.1. The minimum atomic E-state index is -1.32. The lowest BCUT2D eigenvalue weighted by atomic mass is 9.94. The van der Waals surface area contributed by atoms with Gasteiger partial charge in [-0.05, 0) is 31.4 Å². The van der Waals surface area contributed by atoms with Gasteiger partial charge in [0, 0.05) is 32.5 Å². The van der Waals surface area contributed by atoms with Crippen LogP contribution in [-0.4, -0.2) is 82.5 Å². The highest BCUT2D eigenvalue weighted by atomic mass is 19.1. The van der Waals surface area contributed by atoms with Crippen molar-refractivity contribution < 1.29 is 19.4 Å². The summed E-state index contributed by atoms with van der Waals surface area (Å²) in [7, 11) is 3.51. The number of hydrogen-bond acceptors (Lipinski definition) is 8. The van der Waals surface area contributed by atoms with E-state index in [9.17, 15) is 15.0 Å². The Morgan fingerprint density at radius 1 is 1.24 bits per heavy atom. The summed E-state index contributed by atoms with van der Waals surface area (Å²) in [5.41, 5.74) is 1.37. The van der Waals surface area contributed by atoms with Crippen LogP contribution in [0.25, 0.3) is 22.6 Å². The van der Waals surface area contributed by atoms with Crippen molar-refractivity contribution in [1.29, 1.82) is 0 Å². The minimum Gasteiger partial charge on any atom is -0.493 e. The SMILES string of the molecule is CN(c1ccc(-c2cnc(-c3cnn(C)c3)nc2O)nn1)[C@H]1C[C@@H]2CC[C@H]([C@H]1F)N2C(=O)O. The van der Waals surface area contributed by atoms with Crippen molar-refractivity contribution in [1.82, 2.24) is 34.8 Å². The number of halogens is 1. The number of carboxylic acid groups (broad SMARTS) is 1. The molecule has 12 heteroatoms. The Labute approximate surface area is 188 Å². The van der Waals surface area contributed by atoms with Gasteiger partial charge in [-0.25, -0.2) is 14.2 Å². The first-order chi connectivity index (χ1) is 15.8. The van der Waals surface area contributed by atoms with Crippen LogP contribution in [0.3, 0.4) is 0 Å². The molecule has 172 valence electrons. The molecule has 2 aliphatic rings. The van der Waals surface area contributed by atoms with Gasteiger partial charge in [0.1, 0.15) is 11.9 Å². The van der Waals surface area contributed by atoms with Gasteiger partial charge in [0.05, 0.1) is 29.4 Å². The van der Waals surface area contributed by atoms with E-state index in [0.717, 1.165) is 0 Å². The lowest BCUT2D eigenvalue weighted by molar-refractivity contribution is 0.0490. The molecule has 3 aromatic rings. The first-order valence-corrected chi connectivity index (χ1v) is 10.6. The second-order valence-corrected chi connectivity index (χ2v) is 8.46. The van der Waals surface area contributed by atoms with Gasteiger partial charge in [0.25, 0.3) is 0 Å². The van der Waals surface area contributed by atoms with Gasteiger partial charge in [0.15, 0.2) is 11.6 Å². The molecule has 3 aromatic heterocycles. The third-order valence-corrected chi connectivity index (χ3v) is 6.53. The second kappa shape index (κ2) is 7.94. The molecule has 0 aromatic carbocycles. The number of aryl methyl sites for hydroxylation is 1. The number of aromatic hydroxyl groups is 1. The van der Waals surface area contributed by atoms with Crippen molar-refractivity contribution in [2.45, 2.75) is 43.6 Å². The van der Waals surface area contributed by atoms with Gasteiger partial charge in [-0.1, -0.05) is 0 Å². The van der Waals surface area contributed by atoms with Crippen LogP contribution in [0.5, 0.6) is 5.88 Å². The predicted octanol–water partition coefficient (Wildman–Crippen LogP) is 2.10. The molecular formula is C21H23FN8O3. The fourth-order valence-corrected chi connectivity index (χ4v) is 4.85. The largest absolute Gasteiger partial charge is 0.493 e. The maximum Gasteiger partial charge on any atom is 0.407 e. The molecule has 4 atom stereocenters. The molecule has 11 nitrogen and oxygen atoms in total. The molecule has 0 saturated carbocycles. The highest BCUT2D eigenvalue weighted by molar-refractivity contribution is 5.67. The van der Waals surface area contributed by atoms with E-state index in [0.29, 0.717) is 47.7 Å². The maximum atomic E-state index is 15.2. The molecule has 0 aliphatic carbocycles. The van der Waals surface area contributed by atoms with Gasteiger partial charge >= 0.3 is 6.09 Å². The van der Waals surface area contributed by atoms with E-state index in [1.807, 2.05) is 0 Å². The number of amides is 1. The molecule has 2 saturated heterocycles. The van der Waals surface area contributed by atoms with Gasteiger partial charge in [0.2, 0.25) is 5.88 Å². The monoisotopic (exact) mass is 454 g/mol. The highest BCUT2D eigenvalue weighted by Crippen LogP contribution is 2.40. The summed E-state index contributed by atoms with van der Waals surface area (Å²) >= 11 is 0. The standard InChI is InChI=1S/C21H23FN8O3/c1-28-10-11(8-24-28)19-23-9-13(20(31)25-19)14-4-6-17(27-26-14)29(2)16-7-12-3-5-15(18(16)22)30(12)21(32)33/h4,6,8-10,12,15-16,18H,3,5,7H2,1-2H3,(H,32,33)(H,23,25,31)/t12-,15+,16-,18+/m0/s1. The first kappa shape index (κ1) is 21.0.